The second-order valence-electron chi connectivity index (χ2n) is 19.1. The molecule has 1 atom stereocenters. The standard InChI is InChI=1S/C55H64N10O8/c1-55(2,3)73-54(66)64-24-7-23-63(26-27-64)48-15-13-42-37-50(48)71-32-29-67-28-31-69-43-10-4-8-39(34-43)46-17-20-58-53(61-46)65(42)51-38-68-30-33-70-49-36-41(12-14-47(49)62-22-6-18-56-21-25-62)59-52-57-19-16-45(60-52)40-9-5-11-44(35-40)72-51/h4-5,8-17,19-20,34-37,51,56H,6-7,18,21-33,38H2,1-3H3,(H,57,59,60). The molecule has 0 radical (unpaired) electrons. The van der Waals surface area contributed by atoms with Gasteiger partial charge in [-0.25, -0.2) is 24.7 Å². The van der Waals surface area contributed by atoms with Crippen molar-refractivity contribution in [2.75, 3.05) is 119 Å². The zero-order valence-corrected chi connectivity index (χ0v) is 41.8. The smallest absolute Gasteiger partial charge is 0.410 e. The molecule has 0 saturated carbocycles. The molecule has 6 aromatic rings. The second kappa shape index (κ2) is 23.0. The Hall–Kier alpha value is -7.41. The van der Waals surface area contributed by atoms with Gasteiger partial charge in [0, 0.05) is 87.2 Å². The zero-order chi connectivity index (χ0) is 50.0. The van der Waals surface area contributed by atoms with Crippen molar-refractivity contribution in [3.05, 3.63) is 109 Å². The van der Waals surface area contributed by atoms with Gasteiger partial charge in [0.25, 0.3) is 0 Å². The van der Waals surface area contributed by atoms with Gasteiger partial charge >= 0.3 is 6.09 Å². The summed E-state index contributed by atoms with van der Waals surface area (Å²) >= 11 is 0. The van der Waals surface area contributed by atoms with Crippen molar-refractivity contribution in [2.45, 2.75) is 45.4 Å². The monoisotopic (exact) mass is 992 g/mol. The van der Waals surface area contributed by atoms with Crippen LogP contribution in [-0.2, 0) is 14.2 Å². The fourth-order valence-corrected chi connectivity index (χ4v) is 9.21. The number of nitrogens with one attached hydrogen (secondary N) is 2. The lowest BCUT2D eigenvalue weighted by Gasteiger charge is -2.33. The van der Waals surface area contributed by atoms with Gasteiger partial charge < -0.3 is 58.5 Å². The maximum absolute atomic E-state index is 13.2. The first-order valence-electron chi connectivity index (χ1n) is 25.3. The van der Waals surface area contributed by atoms with Crippen LogP contribution in [0.1, 0.15) is 33.6 Å². The van der Waals surface area contributed by atoms with Crippen molar-refractivity contribution in [1.29, 1.82) is 0 Å². The maximum atomic E-state index is 13.2. The van der Waals surface area contributed by atoms with Gasteiger partial charge in [0.15, 0.2) is 0 Å². The van der Waals surface area contributed by atoms with E-state index in [9.17, 15) is 4.79 Å². The zero-order valence-electron chi connectivity index (χ0n) is 41.8. The van der Waals surface area contributed by atoms with Crippen LogP contribution in [0.15, 0.2) is 109 Å². The van der Waals surface area contributed by atoms with Gasteiger partial charge in [-0.3, -0.25) is 4.90 Å². The second-order valence-corrected chi connectivity index (χ2v) is 19.1. The van der Waals surface area contributed by atoms with Gasteiger partial charge in [-0.15, -0.1) is 0 Å². The highest BCUT2D eigenvalue weighted by Crippen LogP contribution is 2.39. The molecule has 1 amide bonds. The molecule has 0 spiro atoms. The van der Waals surface area contributed by atoms with E-state index in [0.29, 0.717) is 92.2 Å². The predicted molar refractivity (Wildman–Crippen MR) is 280 cm³/mol. The van der Waals surface area contributed by atoms with Crippen LogP contribution in [-0.4, -0.2) is 141 Å². The van der Waals surface area contributed by atoms with Crippen molar-refractivity contribution in [3.8, 4) is 45.5 Å². The number of nitrogens with zero attached hydrogens (tertiary/aromatic N) is 8. The van der Waals surface area contributed by atoms with Gasteiger partial charge in [0.2, 0.25) is 18.1 Å². The van der Waals surface area contributed by atoms with Gasteiger partial charge in [-0.2, -0.15) is 0 Å². The number of hydrogen-bond donors (Lipinski definition) is 2. The van der Waals surface area contributed by atoms with E-state index in [2.05, 4.69) is 37.6 Å². The molecule has 73 heavy (non-hydrogen) atoms. The highest BCUT2D eigenvalue weighted by molar-refractivity contribution is 5.73. The van der Waals surface area contributed by atoms with Crippen molar-refractivity contribution in [1.82, 2.24) is 30.2 Å². The van der Waals surface area contributed by atoms with Crippen LogP contribution >= 0.6 is 0 Å². The molecule has 18 nitrogen and oxygen atoms in total. The molecular weight excluding hydrogens is 929 g/mol. The van der Waals surface area contributed by atoms with Crippen LogP contribution in [0, 0.1) is 0 Å². The normalized spacial score (nSPS) is 18.2. The minimum absolute atomic E-state index is 0.0762. The number of amides is 1. The number of carbonyl (C=O) groups excluding carboxylic acids is 1. The van der Waals surface area contributed by atoms with E-state index in [-0.39, 0.29) is 32.5 Å². The summed E-state index contributed by atoms with van der Waals surface area (Å²) in [4.78, 5) is 41.3. The minimum Gasteiger partial charge on any atom is -0.491 e. The fourth-order valence-electron chi connectivity index (χ4n) is 9.21. The van der Waals surface area contributed by atoms with E-state index in [0.717, 1.165) is 73.0 Å². The Balaban J connectivity index is 1.04. The fraction of sp³-hybridized carbons (Fsp3) is 0.400. The van der Waals surface area contributed by atoms with E-state index < -0.39 is 11.8 Å². The first kappa shape index (κ1) is 49.2. The van der Waals surface area contributed by atoms with E-state index in [1.165, 1.54) is 0 Å². The molecule has 382 valence electrons. The van der Waals surface area contributed by atoms with Gasteiger partial charge in [-0.1, -0.05) is 24.3 Å². The van der Waals surface area contributed by atoms with Crippen LogP contribution in [0.3, 0.4) is 0 Å². The average molecular weight is 993 g/mol. The van der Waals surface area contributed by atoms with Crippen molar-refractivity contribution >= 4 is 40.7 Å². The topological polar surface area (TPSA) is 170 Å². The molecule has 2 fully saturated rings. The van der Waals surface area contributed by atoms with Crippen LogP contribution in [0.4, 0.5) is 39.4 Å². The van der Waals surface area contributed by atoms with Gasteiger partial charge in [0.1, 0.15) is 55.0 Å². The molecule has 12 bridgehead atoms. The summed E-state index contributed by atoms with van der Waals surface area (Å²) in [5, 5.41) is 6.92. The molecule has 4 aliphatic heterocycles. The van der Waals surface area contributed by atoms with Crippen molar-refractivity contribution in [3.63, 3.8) is 0 Å². The summed E-state index contributed by atoms with van der Waals surface area (Å²) < 4.78 is 44.9. The van der Waals surface area contributed by atoms with Crippen LogP contribution in [0.25, 0.3) is 22.5 Å². The number of fused-ring (bicyclic) bond motifs is 14. The average Bonchev–Trinajstić information content (AvgIpc) is 3.83. The van der Waals surface area contributed by atoms with Crippen LogP contribution in [0.2, 0.25) is 0 Å². The lowest BCUT2D eigenvalue weighted by Crippen LogP contribution is -2.41. The van der Waals surface area contributed by atoms with Crippen LogP contribution < -0.4 is 44.3 Å². The molecule has 2 N–H and O–H groups in total. The summed E-state index contributed by atoms with van der Waals surface area (Å²) in [6, 6.07) is 31.6. The van der Waals surface area contributed by atoms with Crippen molar-refractivity contribution in [2.24, 2.45) is 0 Å². The highest BCUT2D eigenvalue weighted by Gasteiger charge is 2.30. The molecular formula is C55H64N10O8. The molecule has 4 aliphatic rings. The molecule has 0 aliphatic carbocycles. The SMILES string of the molecule is CC(C)(C)OC(=O)N1CCCN(c2ccc3cc2OCCOCCOc2cccc(c2)-c2ccnc(n2)N3C2COCCOc3cc(ccc3N3CCCNCC3)Nc3nccc(n3)-c3cccc(c3)O2)CC1. The quantitative estimate of drug-likeness (QED) is 0.173. The highest BCUT2D eigenvalue weighted by atomic mass is 16.6. The molecule has 10 rings (SSSR count). The Morgan fingerprint density at radius 1 is 0.644 bits per heavy atom. The molecule has 1 unspecified atom stereocenters. The Bertz CT molecular complexity index is 2820. The third-order valence-corrected chi connectivity index (χ3v) is 12.7. The van der Waals surface area contributed by atoms with E-state index in [1.54, 1.807) is 17.3 Å². The van der Waals surface area contributed by atoms with Gasteiger partial charge in [0.05, 0.1) is 48.3 Å². The first-order chi connectivity index (χ1) is 35.7. The summed E-state index contributed by atoms with van der Waals surface area (Å²) in [6.07, 6.45) is 4.10. The maximum Gasteiger partial charge on any atom is 0.410 e. The number of aromatic nitrogens is 4. The third-order valence-electron chi connectivity index (χ3n) is 12.7. The largest absolute Gasteiger partial charge is 0.491 e. The minimum atomic E-state index is -0.841. The van der Waals surface area contributed by atoms with Gasteiger partial charge in [-0.05, 0) is 101 Å². The molecule has 2 saturated heterocycles. The number of ether oxygens (including phenoxy) is 7. The van der Waals surface area contributed by atoms with Crippen molar-refractivity contribution < 1.29 is 38.0 Å². The Labute approximate surface area is 426 Å². The molecule has 18 heteroatoms. The van der Waals surface area contributed by atoms with Crippen LogP contribution in [0.5, 0.6) is 23.0 Å². The molecule has 4 aromatic carbocycles. The van der Waals surface area contributed by atoms with E-state index in [1.807, 2.05) is 111 Å². The molecule has 6 heterocycles. The Kier molecular flexibility index (Phi) is 15.5. The molecule has 2 aromatic heterocycles. The lowest BCUT2D eigenvalue weighted by atomic mass is 10.1. The Morgan fingerprint density at radius 2 is 1.34 bits per heavy atom. The number of benzene rings is 4. The predicted octanol–water partition coefficient (Wildman–Crippen LogP) is 8.33. The van der Waals surface area contributed by atoms with E-state index >= 15 is 0 Å². The third kappa shape index (κ3) is 12.6. The van der Waals surface area contributed by atoms with E-state index in [4.69, 9.17) is 48.1 Å². The number of carbonyl (C=O) groups is 1. The lowest BCUT2D eigenvalue weighted by molar-refractivity contribution is 0.0263. The number of rotatable bonds is 3. The Morgan fingerprint density at radius 3 is 2.16 bits per heavy atom. The summed E-state index contributed by atoms with van der Waals surface area (Å²) in [7, 11) is 0. The summed E-state index contributed by atoms with van der Waals surface area (Å²) in [6.45, 7) is 13.5. The number of hydrogen-bond acceptors (Lipinski definition) is 17. The number of anilines is 6. The first-order valence-corrected chi connectivity index (χ1v) is 25.3. The summed E-state index contributed by atoms with van der Waals surface area (Å²) in [5.41, 5.74) is 5.84. The summed E-state index contributed by atoms with van der Waals surface area (Å²) in [5.74, 6) is 3.42.